The summed E-state index contributed by atoms with van der Waals surface area (Å²) >= 11 is 0. The van der Waals surface area contributed by atoms with Crippen molar-refractivity contribution >= 4 is 34.2 Å². The lowest BCUT2D eigenvalue weighted by molar-refractivity contribution is 0.0518. The number of aromatic nitrogens is 3. The van der Waals surface area contributed by atoms with Gasteiger partial charge in [0.25, 0.3) is 11.5 Å². The third kappa shape index (κ3) is 4.21. The Kier molecular flexibility index (Phi) is 5.78. The standard InChI is InChI=1S/C27H29N5O4/c1-27(2,3)21-14-17(12-13-31(21)26(35)36)20-15-22(33)29-24-23-18(10-7-11-19(23)30-32(20)24)28-25(34)16-8-5-4-6-9-16/h4-11,15,17,21H,12-14H2,1-3H3,(H,28,34)(H,29,33)(H,35,36). The smallest absolute Gasteiger partial charge is 0.407 e. The molecule has 1 saturated heterocycles. The zero-order valence-electron chi connectivity index (χ0n) is 20.5. The van der Waals surface area contributed by atoms with Crippen LogP contribution in [0.15, 0.2) is 59.4 Å². The van der Waals surface area contributed by atoms with Gasteiger partial charge in [0.15, 0.2) is 0 Å². The number of carbonyl (C=O) groups is 2. The first-order chi connectivity index (χ1) is 17.1. The highest BCUT2D eigenvalue weighted by Crippen LogP contribution is 2.39. The quantitative estimate of drug-likeness (QED) is 0.387. The minimum absolute atomic E-state index is 0.0497. The number of piperidine rings is 1. The van der Waals surface area contributed by atoms with Crippen molar-refractivity contribution in [2.45, 2.75) is 45.6 Å². The minimum Gasteiger partial charge on any atom is -0.465 e. The van der Waals surface area contributed by atoms with Crippen LogP contribution in [0.5, 0.6) is 0 Å². The molecule has 9 heteroatoms. The van der Waals surface area contributed by atoms with Crippen LogP contribution in [0.4, 0.5) is 10.5 Å². The molecular weight excluding hydrogens is 458 g/mol. The molecule has 36 heavy (non-hydrogen) atoms. The molecule has 9 nitrogen and oxygen atoms in total. The molecule has 186 valence electrons. The second-order valence-electron chi connectivity index (χ2n) is 10.4. The van der Waals surface area contributed by atoms with E-state index in [-0.39, 0.29) is 28.8 Å². The van der Waals surface area contributed by atoms with Crippen molar-refractivity contribution in [3.63, 3.8) is 0 Å². The predicted octanol–water partition coefficient (Wildman–Crippen LogP) is 4.70. The Morgan fingerprint density at radius 1 is 1.11 bits per heavy atom. The lowest BCUT2D eigenvalue weighted by Crippen LogP contribution is -2.51. The zero-order chi connectivity index (χ0) is 25.6. The topological polar surface area (TPSA) is 120 Å². The Morgan fingerprint density at radius 3 is 2.56 bits per heavy atom. The molecule has 1 aliphatic rings. The molecule has 2 atom stereocenters. The van der Waals surface area contributed by atoms with Gasteiger partial charge >= 0.3 is 6.09 Å². The summed E-state index contributed by atoms with van der Waals surface area (Å²) in [6.07, 6.45) is 0.251. The number of carboxylic acid groups (broad SMARTS) is 1. The summed E-state index contributed by atoms with van der Waals surface area (Å²) in [7, 11) is 0. The number of hydrogen-bond donors (Lipinski definition) is 3. The Morgan fingerprint density at radius 2 is 1.86 bits per heavy atom. The lowest BCUT2D eigenvalue weighted by Gasteiger charge is -2.44. The number of rotatable bonds is 3. The first-order valence-electron chi connectivity index (χ1n) is 12.0. The number of carbonyl (C=O) groups excluding carboxylic acids is 1. The van der Waals surface area contributed by atoms with Crippen LogP contribution >= 0.6 is 0 Å². The van der Waals surface area contributed by atoms with Gasteiger partial charge < -0.3 is 20.3 Å². The van der Waals surface area contributed by atoms with Crippen molar-refractivity contribution in [2.75, 3.05) is 11.9 Å². The van der Waals surface area contributed by atoms with Crippen molar-refractivity contribution in [1.82, 2.24) is 19.5 Å². The van der Waals surface area contributed by atoms with Crippen molar-refractivity contribution in [3.05, 3.63) is 76.2 Å². The Labute approximate surface area is 207 Å². The largest absolute Gasteiger partial charge is 0.465 e. The predicted molar refractivity (Wildman–Crippen MR) is 138 cm³/mol. The molecule has 1 aliphatic heterocycles. The van der Waals surface area contributed by atoms with Crippen LogP contribution in [-0.4, -0.2) is 49.2 Å². The van der Waals surface area contributed by atoms with Gasteiger partial charge in [-0.2, -0.15) is 5.10 Å². The summed E-state index contributed by atoms with van der Waals surface area (Å²) < 4.78 is 1.74. The molecule has 0 bridgehead atoms. The average Bonchev–Trinajstić information content (AvgIpc) is 3.22. The molecule has 0 aliphatic carbocycles. The maximum atomic E-state index is 12.8. The molecule has 3 N–H and O–H groups in total. The van der Waals surface area contributed by atoms with Gasteiger partial charge in [-0.15, -0.1) is 0 Å². The first-order valence-corrected chi connectivity index (χ1v) is 12.0. The molecule has 2 aromatic carbocycles. The number of H-pyrrole nitrogens is 1. The van der Waals surface area contributed by atoms with Crippen LogP contribution in [0.25, 0.3) is 16.6 Å². The van der Waals surface area contributed by atoms with Crippen LogP contribution in [0.1, 0.15) is 55.6 Å². The molecule has 2 aromatic heterocycles. The van der Waals surface area contributed by atoms with Crippen LogP contribution in [0.3, 0.4) is 0 Å². The number of nitrogens with one attached hydrogen (secondary N) is 2. The van der Waals surface area contributed by atoms with Gasteiger partial charge in [0.05, 0.1) is 22.3 Å². The van der Waals surface area contributed by atoms with Gasteiger partial charge in [0.1, 0.15) is 5.65 Å². The summed E-state index contributed by atoms with van der Waals surface area (Å²) in [6, 6.07) is 15.7. The average molecular weight is 488 g/mol. The van der Waals surface area contributed by atoms with E-state index < -0.39 is 6.09 Å². The highest BCUT2D eigenvalue weighted by atomic mass is 16.4. The number of nitrogens with zero attached hydrogens (tertiary/aromatic N) is 3. The van der Waals surface area contributed by atoms with Crippen LogP contribution in [0.2, 0.25) is 0 Å². The van der Waals surface area contributed by atoms with Crippen molar-refractivity contribution in [3.8, 4) is 0 Å². The Hall–Kier alpha value is -4.14. The van der Waals surface area contributed by atoms with E-state index in [2.05, 4.69) is 10.3 Å². The van der Waals surface area contributed by atoms with Gasteiger partial charge in [-0.05, 0) is 42.5 Å². The number of benzene rings is 2. The van der Waals surface area contributed by atoms with Gasteiger partial charge in [0.2, 0.25) is 0 Å². The van der Waals surface area contributed by atoms with E-state index in [0.717, 1.165) is 5.69 Å². The fourth-order valence-electron chi connectivity index (χ4n) is 5.25. The number of likely N-dealkylation sites (tertiary alicyclic amines) is 1. The molecule has 0 spiro atoms. The van der Waals surface area contributed by atoms with Crippen LogP contribution < -0.4 is 10.9 Å². The van der Waals surface area contributed by atoms with Crippen molar-refractivity contribution in [2.24, 2.45) is 5.41 Å². The summed E-state index contributed by atoms with van der Waals surface area (Å²) in [6.45, 7) is 6.49. The fourth-order valence-corrected chi connectivity index (χ4v) is 5.25. The van der Waals surface area contributed by atoms with E-state index in [0.29, 0.717) is 47.2 Å². The van der Waals surface area contributed by atoms with Gasteiger partial charge in [-0.25, -0.2) is 9.31 Å². The van der Waals surface area contributed by atoms with Crippen LogP contribution in [-0.2, 0) is 0 Å². The zero-order valence-corrected chi connectivity index (χ0v) is 20.5. The summed E-state index contributed by atoms with van der Waals surface area (Å²) in [5.41, 5.74) is 2.43. The normalized spacial score (nSPS) is 18.5. The highest BCUT2D eigenvalue weighted by Gasteiger charge is 2.40. The van der Waals surface area contributed by atoms with E-state index in [9.17, 15) is 19.5 Å². The van der Waals surface area contributed by atoms with Gasteiger partial charge in [-0.1, -0.05) is 45.0 Å². The molecule has 1 fully saturated rings. The maximum absolute atomic E-state index is 12.8. The van der Waals surface area contributed by atoms with Crippen LogP contribution in [0, 0.1) is 5.41 Å². The molecule has 3 heterocycles. The number of anilines is 1. The maximum Gasteiger partial charge on any atom is 0.407 e. The summed E-state index contributed by atoms with van der Waals surface area (Å²) in [5.74, 6) is -0.304. The van der Waals surface area contributed by atoms with E-state index >= 15 is 0 Å². The fraction of sp³-hybridized carbons (Fsp3) is 0.333. The van der Waals surface area contributed by atoms with E-state index in [4.69, 9.17) is 5.10 Å². The number of aromatic amines is 1. The molecule has 2 amide bonds. The second kappa shape index (κ2) is 8.82. The first kappa shape index (κ1) is 23.6. The SMILES string of the molecule is CC(C)(C)C1CC(c2cc(=O)[nH]c3c4c(NC(=O)c5ccccc5)cccc4nn23)CCN1C(=O)O. The highest BCUT2D eigenvalue weighted by molar-refractivity contribution is 6.11. The third-order valence-electron chi connectivity index (χ3n) is 7.01. The number of fused-ring (bicyclic) bond motifs is 3. The number of hydrogen-bond acceptors (Lipinski definition) is 4. The van der Waals surface area contributed by atoms with E-state index in [1.165, 1.54) is 4.90 Å². The molecular formula is C27H29N5O4. The van der Waals surface area contributed by atoms with Crippen molar-refractivity contribution < 1.29 is 14.7 Å². The molecule has 0 saturated carbocycles. The molecule has 0 radical (unpaired) electrons. The molecule has 4 aromatic rings. The molecule has 5 rings (SSSR count). The third-order valence-corrected chi connectivity index (χ3v) is 7.01. The Bertz CT molecular complexity index is 1520. The molecule has 2 unspecified atom stereocenters. The monoisotopic (exact) mass is 487 g/mol. The summed E-state index contributed by atoms with van der Waals surface area (Å²) in [4.78, 5) is 42.0. The van der Waals surface area contributed by atoms with E-state index in [1.807, 2.05) is 39.0 Å². The Balaban J connectivity index is 1.59. The van der Waals surface area contributed by atoms with Gasteiger partial charge in [-0.3, -0.25) is 9.59 Å². The summed E-state index contributed by atoms with van der Waals surface area (Å²) in [5, 5.41) is 18.1. The second-order valence-corrected chi connectivity index (χ2v) is 10.4. The number of amides is 2. The van der Waals surface area contributed by atoms with Gasteiger partial charge in [0, 0.05) is 30.1 Å². The lowest BCUT2D eigenvalue weighted by atomic mass is 9.76. The van der Waals surface area contributed by atoms with E-state index in [1.54, 1.807) is 40.9 Å². The minimum atomic E-state index is -0.923. The van der Waals surface area contributed by atoms with Crippen molar-refractivity contribution in [1.29, 1.82) is 0 Å².